The highest BCUT2D eigenvalue weighted by Crippen LogP contribution is 2.21. The zero-order valence-electron chi connectivity index (χ0n) is 13.2. The fraction of sp³-hybridized carbons (Fsp3) is 0.611. The van der Waals surface area contributed by atoms with Gasteiger partial charge in [-0.3, -0.25) is 0 Å². The predicted molar refractivity (Wildman–Crippen MR) is 86.8 cm³/mol. The van der Waals surface area contributed by atoms with Crippen LogP contribution in [0.25, 0.3) is 0 Å². The van der Waals surface area contributed by atoms with Crippen molar-refractivity contribution < 1.29 is 9.53 Å². The zero-order chi connectivity index (χ0) is 15.2. The number of nitrogens with one attached hydrogen (secondary N) is 1. The minimum atomic E-state index is -0.133. The number of ether oxygens (including phenoxy) is 1. The molecule has 2 saturated heterocycles. The van der Waals surface area contributed by atoms with Crippen LogP contribution in [0.1, 0.15) is 31.2 Å². The van der Waals surface area contributed by atoms with Gasteiger partial charge in [-0.2, -0.15) is 0 Å². The number of rotatable bonds is 6. The van der Waals surface area contributed by atoms with Crippen LogP contribution in [0.2, 0.25) is 0 Å². The van der Waals surface area contributed by atoms with Gasteiger partial charge >= 0.3 is 6.09 Å². The van der Waals surface area contributed by atoms with Gasteiger partial charge in [-0.25, -0.2) is 4.79 Å². The molecule has 4 nitrogen and oxygen atoms in total. The van der Waals surface area contributed by atoms with Crippen molar-refractivity contribution in [3.05, 3.63) is 35.9 Å². The number of piperidine rings is 1. The van der Waals surface area contributed by atoms with Gasteiger partial charge in [-0.05, 0) is 56.7 Å². The summed E-state index contributed by atoms with van der Waals surface area (Å²) in [5.41, 5.74) is 1.27. The molecule has 0 aliphatic carbocycles. The van der Waals surface area contributed by atoms with E-state index in [-0.39, 0.29) is 12.1 Å². The first-order valence-corrected chi connectivity index (χ1v) is 8.51. The number of carbonyl (C=O) groups excluding carboxylic acids is 1. The van der Waals surface area contributed by atoms with E-state index in [1.165, 1.54) is 24.8 Å². The molecular formula is C18H26N2O2. The molecule has 2 heterocycles. The molecule has 22 heavy (non-hydrogen) atoms. The number of carbonyl (C=O) groups is 1. The van der Waals surface area contributed by atoms with Crippen LogP contribution in [-0.4, -0.2) is 43.3 Å². The van der Waals surface area contributed by atoms with Crippen molar-refractivity contribution in [2.75, 3.05) is 26.2 Å². The average molecular weight is 302 g/mol. The number of nitrogens with zero attached hydrogens (tertiary/aromatic N) is 1. The van der Waals surface area contributed by atoms with Crippen molar-refractivity contribution in [3.63, 3.8) is 0 Å². The molecule has 120 valence electrons. The van der Waals surface area contributed by atoms with Crippen molar-refractivity contribution in [3.8, 4) is 0 Å². The number of hydrogen-bond donors (Lipinski definition) is 1. The molecule has 0 bridgehead atoms. The third-order valence-electron chi connectivity index (χ3n) is 4.86. The quantitative estimate of drug-likeness (QED) is 0.878. The number of benzene rings is 1. The van der Waals surface area contributed by atoms with Crippen LogP contribution < -0.4 is 5.32 Å². The molecule has 2 aliphatic rings. The van der Waals surface area contributed by atoms with Crippen molar-refractivity contribution in [2.24, 2.45) is 5.92 Å². The van der Waals surface area contributed by atoms with E-state index in [1.807, 2.05) is 11.0 Å². The summed E-state index contributed by atoms with van der Waals surface area (Å²) in [6, 6.07) is 10.6. The van der Waals surface area contributed by atoms with E-state index in [2.05, 4.69) is 29.6 Å². The Hall–Kier alpha value is -1.55. The highest BCUT2D eigenvalue weighted by molar-refractivity contribution is 5.70. The molecule has 0 radical (unpaired) electrons. The first kappa shape index (κ1) is 15.3. The Bertz CT molecular complexity index is 471. The summed E-state index contributed by atoms with van der Waals surface area (Å²) in [5, 5.41) is 3.40. The van der Waals surface area contributed by atoms with E-state index in [4.69, 9.17) is 4.74 Å². The maximum absolute atomic E-state index is 12.0. The van der Waals surface area contributed by atoms with Gasteiger partial charge in [0.2, 0.25) is 0 Å². The van der Waals surface area contributed by atoms with Gasteiger partial charge in [0.05, 0.1) is 6.04 Å². The first-order chi connectivity index (χ1) is 10.8. The van der Waals surface area contributed by atoms with Crippen molar-refractivity contribution in [1.82, 2.24) is 10.2 Å². The minimum Gasteiger partial charge on any atom is -0.447 e. The Morgan fingerprint density at radius 3 is 2.73 bits per heavy atom. The van der Waals surface area contributed by atoms with Crippen LogP contribution in [0, 0.1) is 5.92 Å². The number of cyclic esters (lactones) is 1. The van der Waals surface area contributed by atoms with E-state index in [1.54, 1.807) is 0 Å². The SMILES string of the molecule is O=C1OCC(Cc2ccccc2)N1CCCC1CCNCC1. The van der Waals surface area contributed by atoms with Gasteiger partial charge in [0, 0.05) is 6.54 Å². The van der Waals surface area contributed by atoms with Gasteiger partial charge in [-0.1, -0.05) is 30.3 Å². The molecule has 3 rings (SSSR count). The standard InChI is InChI=1S/C18H26N2O2/c21-18-20(12-4-7-15-8-10-19-11-9-15)17(14-22-18)13-16-5-2-1-3-6-16/h1-3,5-6,15,17,19H,4,7-14H2. The molecule has 2 aliphatic heterocycles. The maximum atomic E-state index is 12.0. The van der Waals surface area contributed by atoms with Gasteiger partial charge in [0.25, 0.3) is 0 Å². The van der Waals surface area contributed by atoms with E-state index < -0.39 is 0 Å². The fourth-order valence-corrected chi connectivity index (χ4v) is 3.54. The highest BCUT2D eigenvalue weighted by atomic mass is 16.6. The summed E-state index contributed by atoms with van der Waals surface area (Å²) in [5.74, 6) is 0.826. The normalized spacial score (nSPS) is 22.8. The Morgan fingerprint density at radius 1 is 1.18 bits per heavy atom. The highest BCUT2D eigenvalue weighted by Gasteiger charge is 2.32. The Labute approximate surface area is 132 Å². The van der Waals surface area contributed by atoms with Crippen LogP contribution in [-0.2, 0) is 11.2 Å². The second-order valence-corrected chi connectivity index (χ2v) is 6.45. The Morgan fingerprint density at radius 2 is 1.95 bits per heavy atom. The predicted octanol–water partition coefficient (Wildman–Crippen LogP) is 2.83. The second-order valence-electron chi connectivity index (χ2n) is 6.45. The second kappa shape index (κ2) is 7.63. The lowest BCUT2D eigenvalue weighted by Crippen LogP contribution is -2.36. The van der Waals surface area contributed by atoms with Crippen LogP contribution in [0.4, 0.5) is 4.79 Å². The molecule has 1 aromatic carbocycles. The molecule has 2 fully saturated rings. The molecule has 1 aromatic rings. The molecule has 4 heteroatoms. The van der Waals surface area contributed by atoms with Gasteiger partial charge < -0.3 is 15.0 Å². The van der Waals surface area contributed by atoms with Crippen LogP contribution in [0.3, 0.4) is 0 Å². The van der Waals surface area contributed by atoms with E-state index in [0.717, 1.165) is 38.4 Å². The maximum Gasteiger partial charge on any atom is 0.410 e. The lowest BCUT2D eigenvalue weighted by atomic mass is 9.93. The number of amides is 1. The smallest absolute Gasteiger partial charge is 0.410 e. The lowest BCUT2D eigenvalue weighted by molar-refractivity contribution is 0.156. The molecule has 1 unspecified atom stereocenters. The average Bonchev–Trinajstić information content (AvgIpc) is 2.90. The van der Waals surface area contributed by atoms with E-state index >= 15 is 0 Å². The van der Waals surface area contributed by atoms with Gasteiger partial charge in [0.15, 0.2) is 0 Å². The zero-order valence-corrected chi connectivity index (χ0v) is 13.2. The third-order valence-corrected chi connectivity index (χ3v) is 4.86. The van der Waals surface area contributed by atoms with Crippen LogP contribution in [0.15, 0.2) is 30.3 Å². The van der Waals surface area contributed by atoms with Gasteiger partial charge in [-0.15, -0.1) is 0 Å². The Kier molecular flexibility index (Phi) is 5.33. The van der Waals surface area contributed by atoms with Crippen molar-refractivity contribution >= 4 is 6.09 Å². The first-order valence-electron chi connectivity index (χ1n) is 8.51. The molecule has 1 N–H and O–H groups in total. The van der Waals surface area contributed by atoms with Gasteiger partial charge in [0.1, 0.15) is 6.61 Å². The molecule has 1 atom stereocenters. The molecule has 0 aromatic heterocycles. The summed E-state index contributed by atoms with van der Waals surface area (Å²) in [6.45, 7) is 3.65. The lowest BCUT2D eigenvalue weighted by Gasteiger charge is -2.25. The van der Waals surface area contributed by atoms with Crippen LogP contribution >= 0.6 is 0 Å². The summed E-state index contributed by atoms with van der Waals surface area (Å²) in [6.07, 6.45) is 5.62. The number of hydrogen-bond acceptors (Lipinski definition) is 3. The molecule has 0 saturated carbocycles. The third kappa shape index (κ3) is 4.01. The summed E-state index contributed by atoms with van der Waals surface area (Å²) in [4.78, 5) is 13.9. The van der Waals surface area contributed by atoms with E-state index in [0.29, 0.717) is 6.61 Å². The summed E-state index contributed by atoms with van der Waals surface area (Å²) >= 11 is 0. The largest absolute Gasteiger partial charge is 0.447 e. The van der Waals surface area contributed by atoms with Crippen molar-refractivity contribution in [2.45, 2.75) is 38.1 Å². The molecular weight excluding hydrogens is 276 g/mol. The Balaban J connectivity index is 1.48. The molecule has 0 spiro atoms. The van der Waals surface area contributed by atoms with Crippen LogP contribution in [0.5, 0.6) is 0 Å². The fourth-order valence-electron chi connectivity index (χ4n) is 3.54. The summed E-state index contributed by atoms with van der Waals surface area (Å²) < 4.78 is 5.27. The van der Waals surface area contributed by atoms with E-state index in [9.17, 15) is 4.79 Å². The summed E-state index contributed by atoms with van der Waals surface area (Å²) in [7, 11) is 0. The van der Waals surface area contributed by atoms with Crippen molar-refractivity contribution in [1.29, 1.82) is 0 Å². The molecule has 1 amide bonds. The minimum absolute atomic E-state index is 0.133. The topological polar surface area (TPSA) is 41.6 Å². The monoisotopic (exact) mass is 302 g/mol.